The summed E-state index contributed by atoms with van der Waals surface area (Å²) in [5.74, 6) is 0.895. The molecule has 1 aliphatic heterocycles. The van der Waals surface area contributed by atoms with Crippen LogP contribution in [0.15, 0.2) is 0 Å². The lowest BCUT2D eigenvalue weighted by Gasteiger charge is -2.28. The van der Waals surface area contributed by atoms with Gasteiger partial charge in [0.05, 0.1) is 6.10 Å². The zero-order chi connectivity index (χ0) is 9.26. The fourth-order valence-electron chi connectivity index (χ4n) is 1.54. The van der Waals surface area contributed by atoms with Gasteiger partial charge in [0.15, 0.2) is 0 Å². The van der Waals surface area contributed by atoms with Gasteiger partial charge in [-0.2, -0.15) is 4.98 Å². The third-order valence-electron chi connectivity index (χ3n) is 2.17. The van der Waals surface area contributed by atoms with Crippen LogP contribution in [0.5, 0.6) is 0 Å². The van der Waals surface area contributed by atoms with E-state index in [9.17, 15) is 5.11 Å². The zero-order valence-electron chi connectivity index (χ0n) is 7.27. The molecule has 0 unspecified atom stereocenters. The Morgan fingerprint density at radius 2 is 2.46 bits per heavy atom. The first-order valence-electron chi connectivity index (χ1n) is 4.36. The monoisotopic (exact) mass is 183 g/mol. The van der Waals surface area contributed by atoms with Crippen LogP contribution < -0.4 is 10.6 Å². The average Bonchev–Trinajstić information content (AvgIpc) is 2.52. The molecule has 72 valence electrons. The van der Waals surface area contributed by atoms with E-state index in [1.54, 1.807) is 0 Å². The summed E-state index contributed by atoms with van der Waals surface area (Å²) in [4.78, 5) is 5.93. The molecule has 1 aliphatic rings. The Labute approximate surface area is 75.8 Å². The molecule has 2 heterocycles. The summed E-state index contributed by atoms with van der Waals surface area (Å²) < 4.78 is 0. The van der Waals surface area contributed by atoms with E-state index in [2.05, 4.69) is 15.2 Å². The summed E-state index contributed by atoms with van der Waals surface area (Å²) in [6, 6.07) is 0. The van der Waals surface area contributed by atoms with Gasteiger partial charge in [0, 0.05) is 13.1 Å². The van der Waals surface area contributed by atoms with Crippen LogP contribution in [0.2, 0.25) is 0 Å². The van der Waals surface area contributed by atoms with E-state index >= 15 is 0 Å². The molecular formula is C7H13N5O. The lowest BCUT2D eigenvalue weighted by Crippen LogP contribution is -2.38. The van der Waals surface area contributed by atoms with Crippen LogP contribution >= 0.6 is 0 Å². The maximum atomic E-state index is 9.41. The fraction of sp³-hybridized carbons (Fsp3) is 0.714. The largest absolute Gasteiger partial charge is 0.391 e. The van der Waals surface area contributed by atoms with Crippen LogP contribution in [-0.2, 0) is 0 Å². The van der Waals surface area contributed by atoms with Crippen molar-refractivity contribution in [2.75, 3.05) is 23.7 Å². The summed E-state index contributed by atoms with van der Waals surface area (Å²) in [7, 11) is 0. The summed E-state index contributed by atoms with van der Waals surface area (Å²) >= 11 is 0. The number of nitrogens with zero attached hydrogens (tertiary/aromatic N) is 3. The summed E-state index contributed by atoms with van der Waals surface area (Å²) in [5, 5.41) is 15.9. The van der Waals surface area contributed by atoms with Crippen molar-refractivity contribution >= 4 is 11.9 Å². The number of H-pyrrole nitrogens is 1. The first-order chi connectivity index (χ1) is 6.25. The van der Waals surface area contributed by atoms with E-state index in [0.29, 0.717) is 18.4 Å². The highest BCUT2D eigenvalue weighted by Crippen LogP contribution is 2.15. The topological polar surface area (TPSA) is 91.1 Å². The van der Waals surface area contributed by atoms with Crippen molar-refractivity contribution in [1.29, 1.82) is 0 Å². The molecule has 1 aromatic rings. The highest BCUT2D eigenvalue weighted by molar-refractivity contribution is 5.34. The molecule has 0 spiro atoms. The molecule has 1 fully saturated rings. The van der Waals surface area contributed by atoms with Gasteiger partial charge >= 0.3 is 0 Å². The van der Waals surface area contributed by atoms with Crippen molar-refractivity contribution in [2.24, 2.45) is 0 Å². The second-order valence-corrected chi connectivity index (χ2v) is 3.26. The number of β-amino-alcohol motifs (C(OH)–C–C–N with tert-alkyl or cyclic N) is 1. The number of anilines is 2. The number of nitrogen functional groups attached to an aromatic ring is 1. The van der Waals surface area contributed by atoms with Gasteiger partial charge in [-0.15, -0.1) is 5.10 Å². The van der Waals surface area contributed by atoms with Crippen LogP contribution in [0, 0.1) is 0 Å². The summed E-state index contributed by atoms with van der Waals surface area (Å²) in [6.45, 7) is 1.48. The minimum Gasteiger partial charge on any atom is -0.391 e. The van der Waals surface area contributed by atoms with Gasteiger partial charge in [0.25, 0.3) is 0 Å². The summed E-state index contributed by atoms with van der Waals surface area (Å²) in [6.07, 6.45) is 1.56. The molecule has 0 amide bonds. The fourth-order valence-corrected chi connectivity index (χ4v) is 1.54. The molecule has 0 radical (unpaired) electrons. The van der Waals surface area contributed by atoms with Crippen molar-refractivity contribution in [1.82, 2.24) is 15.2 Å². The van der Waals surface area contributed by atoms with Crippen LogP contribution in [0.25, 0.3) is 0 Å². The number of aliphatic hydroxyl groups is 1. The quantitative estimate of drug-likeness (QED) is 0.538. The number of nitrogens with one attached hydrogen (secondary N) is 1. The molecule has 0 aliphatic carbocycles. The van der Waals surface area contributed by atoms with E-state index in [1.807, 2.05) is 4.90 Å². The average molecular weight is 183 g/mol. The molecule has 0 aromatic carbocycles. The molecule has 6 heteroatoms. The minimum absolute atomic E-state index is 0.270. The predicted molar refractivity (Wildman–Crippen MR) is 48.2 cm³/mol. The van der Waals surface area contributed by atoms with E-state index in [-0.39, 0.29) is 6.10 Å². The van der Waals surface area contributed by atoms with Crippen LogP contribution in [0.3, 0.4) is 0 Å². The van der Waals surface area contributed by atoms with Gasteiger partial charge in [0.1, 0.15) is 0 Å². The summed E-state index contributed by atoms with van der Waals surface area (Å²) in [5.41, 5.74) is 5.40. The Morgan fingerprint density at radius 3 is 3.08 bits per heavy atom. The van der Waals surface area contributed by atoms with Crippen molar-refractivity contribution in [2.45, 2.75) is 18.9 Å². The Morgan fingerprint density at radius 1 is 1.62 bits per heavy atom. The smallest absolute Gasteiger partial charge is 0.246 e. The molecule has 4 N–H and O–H groups in total. The molecular weight excluding hydrogens is 170 g/mol. The highest BCUT2D eigenvalue weighted by atomic mass is 16.3. The van der Waals surface area contributed by atoms with Gasteiger partial charge in [-0.3, -0.25) is 0 Å². The third-order valence-corrected chi connectivity index (χ3v) is 2.17. The molecule has 0 bridgehead atoms. The Hall–Kier alpha value is -1.30. The van der Waals surface area contributed by atoms with Crippen LogP contribution in [-0.4, -0.2) is 39.5 Å². The third kappa shape index (κ3) is 1.72. The van der Waals surface area contributed by atoms with E-state index in [4.69, 9.17) is 5.73 Å². The first-order valence-corrected chi connectivity index (χ1v) is 4.36. The van der Waals surface area contributed by atoms with E-state index in [1.165, 1.54) is 0 Å². The molecule has 0 saturated carbocycles. The molecule has 1 aromatic heterocycles. The minimum atomic E-state index is -0.270. The zero-order valence-corrected chi connectivity index (χ0v) is 7.27. The Kier molecular flexibility index (Phi) is 2.05. The number of hydrogen-bond acceptors (Lipinski definition) is 5. The Bertz CT molecular complexity index is 286. The SMILES string of the molecule is Nc1nc(N2CCC[C@H](O)C2)n[nH]1. The van der Waals surface area contributed by atoms with Gasteiger partial charge in [-0.25, -0.2) is 5.10 Å². The molecule has 13 heavy (non-hydrogen) atoms. The van der Waals surface area contributed by atoms with Gasteiger partial charge < -0.3 is 15.7 Å². The van der Waals surface area contributed by atoms with Crippen molar-refractivity contribution in [3.8, 4) is 0 Å². The lowest BCUT2D eigenvalue weighted by atomic mass is 10.1. The van der Waals surface area contributed by atoms with Crippen molar-refractivity contribution in [3.63, 3.8) is 0 Å². The lowest BCUT2D eigenvalue weighted by molar-refractivity contribution is 0.153. The van der Waals surface area contributed by atoms with E-state index in [0.717, 1.165) is 19.4 Å². The number of aromatic nitrogens is 3. The number of aliphatic hydroxyl groups excluding tert-OH is 1. The molecule has 1 saturated heterocycles. The van der Waals surface area contributed by atoms with Gasteiger partial charge in [-0.1, -0.05) is 0 Å². The number of rotatable bonds is 1. The predicted octanol–water partition coefficient (Wildman–Crippen LogP) is -0.652. The first kappa shape index (κ1) is 8.31. The number of aromatic amines is 1. The second-order valence-electron chi connectivity index (χ2n) is 3.26. The van der Waals surface area contributed by atoms with Crippen LogP contribution in [0.1, 0.15) is 12.8 Å². The molecule has 2 rings (SSSR count). The van der Waals surface area contributed by atoms with Crippen molar-refractivity contribution < 1.29 is 5.11 Å². The van der Waals surface area contributed by atoms with Crippen molar-refractivity contribution in [3.05, 3.63) is 0 Å². The van der Waals surface area contributed by atoms with Gasteiger partial charge in [0.2, 0.25) is 11.9 Å². The molecule has 6 nitrogen and oxygen atoms in total. The molecule has 1 atom stereocenters. The van der Waals surface area contributed by atoms with Gasteiger partial charge in [-0.05, 0) is 12.8 Å². The maximum Gasteiger partial charge on any atom is 0.246 e. The Balaban J connectivity index is 2.08. The maximum absolute atomic E-state index is 9.41. The normalized spacial score (nSPS) is 23.5. The highest BCUT2D eigenvalue weighted by Gasteiger charge is 2.20. The number of piperidine rings is 1. The number of nitrogens with two attached hydrogens (primary N) is 1. The number of hydrogen-bond donors (Lipinski definition) is 3. The van der Waals surface area contributed by atoms with E-state index < -0.39 is 0 Å². The second kappa shape index (κ2) is 3.21. The standard InChI is InChI=1S/C7H13N5O/c8-6-9-7(11-10-6)12-3-1-2-5(13)4-12/h5,13H,1-4H2,(H3,8,9,10,11)/t5-/m0/s1. The van der Waals surface area contributed by atoms with Crippen LogP contribution in [0.4, 0.5) is 11.9 Å².